The van der Waals surface area contributed by atoms with Crippen LogP contribution in [0.15, 0.2) is 12.1 Å². The minimum Gasteiger partial charge on any atom is -0.504 e. The number of phenols is 2. The summed E-state index contributed by atoms with van der Waals surface area (Å²) in [6, 6.07) is 2.18. The molecule has 5 N–H and O–H groups in total. The minimum absolute atomic E-state index is 0.0168. The molecule has 5 nitrogen and oxygen atoms in total. The number of aromatic hydroxyl groups is 2. The third-order valence-corrected chi connectivity index (χ3v) is 2.20. The Morgan fingerprint density at radius 1 is 1.31 bits per heavy atom. The predicted molar refractivity (Wildman–Crippen MR) is 59.5 cm³/mol. The third kappa shape index (κ3) is 2.56. The smallest absolute Gasteiger partial charge is 0.203 e. The molecule has 16 heavy (non-hydrogen) atoms. The number of aliphatic hydroxyl groups excluding tert-OH is 1. The van der Waals surface area contributed by atoms with E-state index in [1.807, 2.05) is 0 Å². The number of benzene rings is 1. The number of hydrogen-bond acceptors (Lipinski definition) is 5. The monoisotopic (exact) mass is 227 g/mol. The maximum absolute atomic E-state index is 9.68. The second-order valence-electron chi connectivity index (χ2n) is 3.63. The van der Waals surface area contributed by atoms with Crippen molar-refractivity contribution in [3.05, 3.63) is 17.7 Å². The van der Waals surface area contributed by atoms with E-state index in [0.717, 1.165) is 0 Å². The molecule has 0 amide bonds. The molecular weight excluding hydrogens is 210 g/mol. The van der Waals surface area contributed by atoms with Gasteiger partial charge in [-0.05, 0) is 31.5 Å². The first-order chi connectivity index (χ1) is 7.47. The predicted octanol–water partition coefficient (Wildman–Crippen LogP) is 0.877. The molecule has 0 aliphatic heterocycles. The molecule has 1 aromatic rings. The lowest BCUT2D eigenvalue weighted by atomic mass is 10.0. The fraction of sp³-hybridized carbons (Fsp3) is 0.455. The van der Waals surface area contributed by atoms with Gasteiger partial charge in [-0.3, -0.25) is 0 Å². The van der Waals surface area contributed by atoms with Crippen LogP contribution in [0.5, 0.6) is 17.2 Å². The summed E-state index contributed by atoms with van der Waals surface area (Å²) in [6.45, 7) is 3.70. The molecule has 90 valence electrons. The zero-order valence-corrected chi connectivity index (χ0v) is 9.34. The summed E-state index contributed by atoms with van der Waals surface area (Å²) in [6.07, 6.45) is -0.938. The van der Waals surface area contributed by atoms with E-state index in [1.54, 1.807) is 13.8 Å². The van der Waals surface area contributed by atoms with Crippen LogP contribution in [0.2, 0.25) is 0 Å². The average Bonchev–Trinajstić information content (AvgIpc) is 2.21. The Kier molecular flexibility index (Phi) is 3.98. The van der Waals surface area contributed by atoms with Crippen LogP contribution in [-0.4, -0.2) is 28.0 Å². The summed E-state index contributed by atoms with van der Waals surface area (Å²) in [5, 5.41) is 28.9. The molecule has 0 aliphatic carbocycles. The zero-order valence-electron chi connectivity index (χ0n) is 9.34. The fourth-order valence-electron chi connectivity index (χ4n) is 1.39. The van der Waals surface area contributed by atoms with Gasteiger partial charge in [-0.25, -0.2) is 0 Å². The second kappa shape index (κ2) is 5.05. The van der Waals surface area contributed by atoms with Gasteiger partial charge in [0.05, 0.1) is 12.7 Å². The zero-order chi connectivity index (χ0) is 12.3. The van der Waals surface area contributed by atoms with Crippen LogP contribution in [0, 0.1) is 0 Å². The Labute approximate surface area is 94.1 Å². The van der Waals surface area contributed by atoms with Crippen LogP contribution in [-0.2, 0) is 0 Å². The number of hydrogen-bond donors (Lipinski definition) is 4. The Morgan fingerprint density at radius 2 is 1.81 bits per heavy atom. The lowest BCUT2D eigenvalue weighted by molar-refractivity contribution is 0.152. The van der Waals surface area contributed by atoms with Gasteiger partial charge in [-0.1, -0.05) is 0 Å². The Morgan fingerprint density at radius 3 is 2.19 bits per heavy atom. The number of ether oxygens (including phenoxy) is 1. The van der Waals surface area contributed by atoms with Gasteiger partial charge >= 0.3 is 0 Å². The van der Waals surface area contributed by atoms with Gasteiger partial charge in [0.2, 0.25) is 5.75 Å². The van der Waals surface area contributed by atoms with Crippen LogP contribution < -0.4 is 10.5 Å². The van der Waals surface area contributed by atoms with E-state index in [1.165, 1.54) is 12.1 Å². The molecule has 0 bridgehead atoms. The molecule has 2 unspecified atom stereocenters. The lowest BCUT2D eigenvalue weighted by Gasteiger charge is -2.17. The summed E-state index contributed by atoms with van der Waals surface area (Å²) >= 11 is 0. The molecule has 1 aromatic carbocycles. The van der Waals surface area contributed by atoms with Crippen molar-refractivity contribution in [2.24, 2.45) is 5.73 Å². The highest BCUT2D eigenvalue weighted by Gasteiger charge is 2.17. The third-order valence-electron chi connectivity index (χ3n) is 2.20. The first kappa shape index (κ1) is 12.6. The van der Waals surface area contributed by atoms with Crippen molar-refractivity contribution < 1.29 is 20.1 Å². The molecule has 0 aliphatic rings. The summed E-state index contributed by atoms with van der Waals surface area (Å²) in [4.78, 5) is 0. The van der Waals surface area contributed by atoms with E-state index < -0.39 is 12.1 Å². The van der Waals surface area contributed by atoms with Gasteiger partial charge in [0.1, 0.15) is 0 Å². The molecule has 0 saturated carbocycles. The van der Waals surface area contributed by atoms with Crippen LogP contribution in [0.4, 0.5) is 0 Å². The van der Waals surface area contributed by atoms with Crippen molar-refractivity contribution in [3.8, 4) is 17.2 Å². The normalized spacial score (nSPS) is 14.5. The van der Waals surface area contributed by atoms with Crippen LogP contribution in [0.3, 0.4) is 0 Å². The van der Waals surface area contributed by atoms with Gasteiger partial charge in [0.15, 0.2) is 11.5 Å². The largest absolute Gasteiger partial charge is 0.504 e. The van der Waals surface area contributed by atoms with Gasteiger partial charge in [-0.2, -0.15) is 0 Å². The van der Waals surface area contributed by atoms with Gasteiger partial charge < -0.3 is 25.8 Å². The molecule has 0 spiro atoms. The fourth-order valence-corrected chi connectivity index (χ4v) is 1.39. The number of nitrogens with two attached hydrogens (primary N) is 1. The SMILES string of the molecule is CCOc1c(O)cc(C(O)C(C)N)cc1O. The van der Waals surface area contributed by atoms with Crippen LogP contribution >= 0.6 is 0 Å². The van der Waals surface area contributed by atoms with E-state index in [2.05, 4.69) is 0 Å². The molecule has 5 heteroatoms. The number of aliphatic hydroxyl groups is 1. The molecule has 0 radical (unpaired) electrons. The molecular formula is C11H17NO4. The lowest BCUT2D eigenvalue weighted by Crippen LogP contribution is -2.24. The number of rotatable bonds is 4. The highest BCUT2D eigenvalue weighted by atomic mass is 16.5. The van der Waals surface area contributed by atoms with E-state index in [-0.39, 0.29) is 17.2 Å². The second-order valence-corrected chi connectivity index (χ2v) is 3.63. The first-order valence-electron chi connectivity index (χ1n) is 5.09. The standard InChI is InChI=1S/C11H17NO4/c1-3-16-11-8(13)4-7(5-9(11)14)10(15)6(2)12/h4-6,10,13-15H,3,12H2,1-2H3. The molecule has 0 heterocycles. The van der Waals surface area contributed by atoms with Crippen molar-refractivity contribution in [2.45, 2.75) is 26.0 Å². The van der Waals surface area contributed by atoms with Crippen LogP contribution in [0.1, 0.15) is 25.5 Å². The Hall–Kier alpha value is -1.46. The summed E-state index contributed by atoms with van der Waals surface area (Å²) in [7, 11) is 0. The Balaban J connectivity index is 3.09. The molecule has 1 rings (SSSR count). The average molecular weight is 227 g/mol. The summed E-state index contributed by atoms with van der Waals surface area (Å²) in [5.41, 5.74) is 5.88. The van der Waals surface area contributed by atoms with Crippen molar-refractivity contribution >= 4 is 0 Å². The maximum atomic E-state index is 9.68. The molecule has 0 aromatic heterocycles. The highest BCUT2D eigenvalue weighted by molar-refractivity contribution is 5.52. The van der Waals surface area contributed by atoms with Gasteiger partial charge in [0.25, 0.3) is 0 Å². The topological polar surface area (TPSA) is 95.9 Å². The van der Waals surface area contributed by atoms with Gasteiger partial charge in [0, 0.05) is 6.04 Å². The first-order valence-corrected chi connectivity index (χ1v) is 5.09. The van der Waals surface area contributed by atoms with E-state index >= 15 is 0 Å². The number of phenolic OH excluding ortho intramolecular Hbond substituents is 2. The van der Waals surface area contributed by atoms with E-state index in [9.17, 15) is 15.3 Å². The van der Waals surface area contributed by atoms with E-state index in [0.29, 0.717) is 12.2 Å². The van der Waals surface area contributed by atoms with Crippen molar-refractivity contribution in [1.82, 2.24) is 0 Å². The molecule has 2 atom stereocenters. The summed E-state index contributed by atoms with van der Waals surface area (Å²) < 4.78 is 5.05. The quantitative estimate of drug-likeness (QED) is 0.612. The van der Waals surface area contributed by atoms with Crippen molar-refractivity contribution in [3.63, 3.8) is 0 Å². The molecule has 0 fully saturated rings. The van der Waals surface area contributed by atoms with E-state index in [4.69, 9.17) is 10.5 Å². The maximum Gasteiger partial charge on any atom is 0.203 e. The molecule has 0 saturated heterocycles. The van der Waals surface area contributed by atoms with Gasteiger partial charge in [-0.15, -0.1) is 0 Å². The Bertz CT molecular complexity index is 342. The van der Waals surface area contributed by atoms with Crippen molar-refractivity contribution in [1.29, 1.82) is 0 Å². The van der Waals surface area contributed by atoms with Crippen molar-refractivity contribution in [2.75, 3.05) is 6.61 Å². The summed E-state index contributed by atoms with van der Waals surface area (Å²) in [5.74, 6) is -0.406. The highest BCUT2D eigenvalue weighted by Crippen LogP contribution is 2.38. The minimum atomic E-state index is -0.938. The van der Waals surface area contributed by atoms with Crippen LogP contribution in [0.25, 0.3) is 0 Å².